The molecule has 2 N–H and O–H groups in total. The number of aliphatic hydroxyl groups is 1. The largest absolute Gasteiger partial charge is 0.481 e. The highest BCUT2D eigenvalue weighted by molar-refractivity contribution is 5.67. The number of hydrogen-bond donors (Lipinski definition) is 2. The molecule has 3 nitrogen and oxygen atoms in total. The summed E-state index contributed by atoms with van der Waals surface area (Å²) in [5.41, 5.74) is -0.547. The molecule has 1 fully saturated rings. The van der Waals surface area contributed by atoms with E-state index in [-0.39, 0.29) is 12.3 Å². The molecule has 0 bridgehead atoms. The monoisotopic (exact) mass is 172 g/mol. The summed E-state index contributed by atoms with van der Waals surface area (Å²) in [5, 5.41) is 18.1. The smallest absolute Gasteiger partial charge is 0.303 e. The Morgan fingerprint density at radius 3 is 2.42 bits per heavy atom. The highest BCUT2D eigenvalue weighted by Crippen LogP contribution is 2.33. The fourth-order valence-corrected chi connectivity index (χ4v) is 1.75. The van der Waals surface area contributed by atoms with Crippen molar-refractivity contribution >= 4 is 5.97 Å². The zero-order valence-corrected chi connectivity index (χ0v) is 7.42. The first-order valence-corrected chi connectivity index (χ1v) is 4.44. The topological polar surface area (TPSA) is 57.5 Å². The maximum atomic E-state index is 10.4. The third-order valence-electron chi connectivity index (χ3n) is 2.65. The second-order valence-electron chi connectivity index (χ2n) is 4.04. The predicted molar refractivity (Wildman–Crippen MR) is 44.8 cm³/mol. The number of rotatable bonds is 2. The molecule has 3 heteroatoms. The van der Waals surface area contributed by atoms with Gasteiger partial charge in [0.25, 0.3) is 0 Å². The van der Waals surface area contributed by atoms with Crippen LogP contribution in [0.5, 0.6) is 0 Å². The quantitative estimate of drug-likeness (QED) is 0.662. The van der Waals surface area contributed by atoms with Crippen LogP contribution in [0.15, 0.2) is 0 Å². The average molecular weight is 172 g/mol. The van der Waals surface area contributed by atoms with E-state index in [1.807, 2.05) is 6.92 Å². The first kappa shape index (κ1) is 9.52. The molecule has 0 aliphatic heterocycles. The van der Waals surface area contributed by atoms with Crippen molar-refractivity contribution in [2.24, 2.45) is 5.92 Å². The van der Waals surface area contributed by atoms with Crippen molar-refractivity contribution in [3.63, 3.8) is 0 Å². The van der Waals surface area contributed by atoms with Crippen LogP contribution >= 0.6 is 0 Å². The van der Waals surface area contributed by atoms with Gasteiger partial charge in [-0.05, 0) is 38.5 Å². The number of carboxylic acids is 1. The average Bonchev–Trinajstić information content (AvgIpc) is 1.93. The molecule has 12 heavy (non-hydrogen) atoms. The first-order valence-electron chi connectivity index (χ1n) is 4.44. The first-order chi connectivity index (χ1) is 5.49. The number of carbonyl (C=O) groups is 1. The number of hydrogen-bond acceptors (Lipinski definition) is 2. The summed E-state index contributed by atoms with van der Waals surface area (Å²) < 4.78 is 0. The van der Waals surface area contributed by atoms with E-state index in [0.29, 0.717) is 0 Å². The van der Waals surface area contributed by atoms with Crippen LogP contribution in [0.4, 0.5) is 0 Å². The van der Waals surface area contributed by atoms with E-state index in [2.05, 4.69) is 0 Å². The van der Waals surface area contributed by atoms with E-state index in [9.17, 15) is 9.90 Å². The van der Waals surface area contributed by atoms with E-state index < -0.39 is 11.6 Å². The van der Waals surface area contributed by atoms with Crippen LogP contribution < -0.4 is 0 Å². The predicted octanol–water partition coefficient (Wildman–Crippen LogP) is 1.40. The van der Waals surface area contributed by atoms with E-state index in [4.69, 9.17) is 5.11 Å². The van der Waals surface area contributed by atoms with Crippen molar-refractivity contribution in [1.29, 1.82) is 0 Å². The minimum Gasteiger partial charge on any atom is -0.481 e. The minimum atomic E-state index is -0.721. The molecule has 1 rings (SSSR count). The van der Waals surface area contributed by atoms with Crippen molar-refractivity contribution in [3.05, 3.63) is 0 Å². The van der Waals surface area contributed by atoms with Crippen LogP contribution in [-0.4, -0.2) is 21.8 Å². The Bertz CT molecular complexity index is 165. The molecule has 1 aliphatic carbocycles. The minimum absolute atomic E-state index is 0.260. The molecule has 70 valence electrons. The molecule has 1 saturated carbocycles. The zero-order chi connectivity index (χ0) is 9.19. The van der Waals surface area contributed by atoms with Gasteiger partial charge in [0.1, 0.15) is 0 Å². The summed E-state index contributed by atoms with van der Waals surface area (Å²) in [6, 6.07) is 0. The van der Waals surface area contributed by atoms with Gasteiger partial charge < -0.3 is 10.2 Å². The highest BCUT2D eigenvalue weighted by atomic mass is 16.4. The fourth-order valence-electron chi connectivity index (χ4n) is 1.75. The molecule has 0 radical (unpaired) electrons. The fraction of sp³-hybridized carbons (Fsp3) is 0.889. The van der Waals surface area contributed by atoms with Crippen LogP contribution in [0, 0.1) is 5.92 Å². The van der Waals surface area contributed by atoms with Gasteiger partial charge in [-0.2, -0.15) is 0 Å². The van der Waals surface area contributed by atoms with Crippen molar-refractivity contribution < 1.29 is 15.0 Å². The molecule has 0 aromatic heterocycles. The number of aliphatic carboxylic acids is 1. The maximum Gasteiger partial charge on any atom is 0.303 e. The van der Waals surface area contributed by atoms with E-state index in [1.54, 1.807) is 0 Å². The van der Waals surface area contributed by atoms with E-state index in [0.717, 1.165) is 25.7 Å². The SMILES string of the molecule is CC1(O)CCC(CC(=O)O)CC1. The van der Waals surface area contributed by atoms with Crippen LogP contribution in [0.1, 0.15) is 39.0 Å². The molecule has 0 aromatic carbocycles. The summed E-state index contributed by atoms with van der Waals surface area (Å²) >= 11 is 0. The molecule has 0 unspecified atom stereocenters. The summed E-state index contributed by atoms with van der Waals surface area (Å²) in [5.74, 6) is -0.440. The Hall–Kier alpha value is -0.570. The summed E-state index contributed by atoms with van der Waals surface area (Å²) in [4.78, 5) is 10.4. The van der Waals surface area contributed by atoms with Gasteiger partial charge in [-0.1, -0.05) is 0 Å². The highest BCUT2D eigenvalue weighted by Gasteiger charge is 2.29. The molecular formula is C9H16O3. The lowest BCUT2D eigenvalue weighted by atomic mass is 9.79. The standard InChI is InChI=1S/C9H16O3/c1-9(12)4-2-7(3-5-9)6-8(10)11/h7,12H,2-6H2,1H3,(H,10,11). The third-order valence-corrected chi connectivity index (χ3v) is 2.65. The van der Waals surface area contributed by atoms with Crippen LogP contribution in [0.25, 0.3) is 0 Å². The molecular weight excluding hydrogens is 156 g/mol. The van der Waals surface area contributed by atoms with Gasteiger partial charge in [0.15, 0.2) is 0 Å². The van der Waals surface area contributed by atoms with Gasteiger partial charge in [-0.25, -0.2) is 0 Å². The van der Waals surface area contributed by atoms with Crippen LogP contribution in [0.3, 0.4) is 0 Å². The Balaban J connectivity index is 2.31. The third kappa shape index (κ3) is 2.81. The maximum absolute atomic E-state index is 10.4. The Morgan fingerprint density at radius 1 is 1.50 bits per heavy atom. The normalized spacial score (nSPS) is 36.3. The molecule has 1 aliphatic rings. The summed E-state index contributed by atoms with van der Waals surface area (Å²) in [6.07, 6.45) is 3.44. The van der Waals surface area contributed by atoms with Gasteiger partial charge in [-0.15, -0.1) is 0 Å². The lowest BCUT2D eigenvalue weighted by Crippen LogP contribution is -2.30. The van der Waals surface area contributed by atoms with E-state index in [1.165, 1.54) is 0 Å². The Kier molecular flexibility index (Phi) is 2.73. The van der Waals surface area contributed by atoms with Crippen LogP contribution in [-0.2, 0) is 4.79 Å². The van der Waals surface area contributed by atoms with E-state index >= 15 is 0 Å². The second kappa shape index (κ2) is 3.44. The molecule has 0 spiro atoms. The van der Waals surface area contributed by atoms with Gasteiger partial charge in [0.2, 0.25) is 0 Å². The Morgan fingerprint density at radius 2 is 2.00 bits per heavy atom. The van der Waals surface area contributed by atoms with Gasteiger partial charge in [-0.3, -0.25) is 4.79 Å². The van der Waals surface area contributed by atoms with Crippen molar-refractivity contribution in [2.45, 2.75) is 44.6 Å². The zero-order valence-electron chi connectivity index (χ0n) is 7.42. The second-order valence-corrected chi connectivity index (χ2v) is 4.04. The lowest BCUT2D eigenvalue weighted by Gasteiger charge is -2.32. The molecule has 0 aromatic rings. The van der Waals surface area contributed by atoms with Crippen molar-refractivity contribution in [1.82, 2.24) is 0 Å². The van der Waals surface area contributed by atoms with Crippen molar-refractivity contribution in [3.8, 4) is 0 Å². The van der Waals surface area contributed by atoms with Crippen LogP contribution in [0.2, 0.25) is 0 Å². The van der Waals surface area contributed by atoms with Gasteiger partial charge in [0, 0.05) is 6.42 Å². The summed E-state index contributed by atoms with van der Waals surface area (Å²) in [6.45, 7) is 1.82. The van der Waals surface area contributed by atoms with Gasteiger partial charge >= 0.3 is 5.97 Å². The number of carboxylic acid groups (broad SMARTS) is 1. The molecule has 0 saturated heterocycles. The molecule has 0 heterocycles. The van der Waals surface area contributed by atoms with Crippen molar-refractivity contribution in [2.75, 3.05) is 0 Å². The molecule has 0 atom stereocenters. The van der Waals surface area contributed by atoms with Gasteiger partial charge in [0.05, 0.1) is 5.60 Å². The molecule has 0 amide bonds. The summed E-state index contributed by atoms with van der Waals surface area (Å²) in [7, 11) is 0. The lowest BCUT2D eigenvalue weighted by molar-refractivity contribution is -0.138. The Labute approximate surface area is 72.4 Å².